The van der Waals surface area contributed by atoms with Crippen LogP contribution in [-0.2, 0) is 4.79 Å². The highest BCUT2D eigenvalue weighted by Crippen LogP contribution is 2.33. The van der Waals surface area contributed by atoms with Crippen LogP contribution < -0.4 is 5.73 Å². The molecular formula is C14H25N3O. The molecule has 0 spiro atoms. The Morgan fingerprint density at radius 1 is 1.11 bits per heavy atom. The lowest BCUT2D eigenvalue weighted by atomic mass is 9.94. The van der Waals surface area contributed by atoms with E-state index in [0.29, 0.717) is 24.4 Å². The van der Waals surface area contributed by atoms with E-state index in [1.807, 2.05) is 0 Å². The van der Waals surface area contributed by atoms with Crippen LogP contribution in [-0.4, -0.2) is 54.5 Å². The van der Waals surface area contributed by atoms with Crippen LogP contribution in [0, 0.1) is 11.8 Å². The summed E-state index contributed by atoms with van der Waals surface area (Å²) in [5.41, 5.74) is 5.80. The summed E-state index contributed by atoms with van der Waals surface area (Å²) in [6, 6.07) is 0.639. The van der Waals surface area contributed by atoms with Crippen molar-refractivity contribution in [3.05, 3.63) is 0 Å². The molecule has 1 unspecified atom stereocenters. The molecule has 102 valence electrons. The second-order valence-corrected chi connectivity index (χ2v) is 6.15. The molecule has 3 aliphatic rings. The van der Waals surface area contributed by atoms with E-state index in [9.17, 15) is 4.79 Å². The molecular weight excluding hydrogens is 226 g/mol. The van der Waals surface area contributed by atoms with Gasteiger partial charge in [-0.3, -0.25) is 9.69 Å². The third-order valence-corrected chi connectivity index (χ3v) is 5.18. The molecule has 0 aromatic rings. The first-order valence-electron chi connectivity index (χ1n) is 7.52. The van der Waals surface area contributed by atoms with Gasteiger partial charge in [0.15, 0.2) is 0 Å². The topological polar surface area (TPSA) is 49.6 Å². The molecule has 3 atom stereocenters. The fourth-order valence-corrected chi connectivity index (χ4v) is 4.07. The van der Waals surface area contributed by atoms with Crippen molar-refractivity contribution in [2.75, 3.05) is 32.7 Å². The molecule has 0 aromatic carbocycles. The van der Waals surface area contributed by atoms with Crippen LogP contribution in [0.2, 0.25) is 0 Å². The Balaban J connectivity index is 1.62. The highest BCUT2D eigenvalue weighted by atomic mass is 16.2. The van der Waals surface area contributed by atoms with Crippen molar-refractivity contribution in [3.63, 3.8) is 0 Å². The van der Waals surface area contributed by atoms with Crippen molar-refractivity contribution in [2.45, 2.75) is 38.1 Å². The molecule has 3 rings (SSSR count). The zero-order chi connectivity index (χ0) is 12.5. The highest BCUT2D eigenvalue weighted by molar-refractivity contribution is 5.79. The second kappa shape index (κ2) is 5.17. The normalized spacial score (nSPS) is 36.9. The maximum atomic E-state index is 12.6. The molecule has 3 fully saturated rings. The summed E-state index contributed by atoms with van der Waals surface area (Å²) < 4.78 is 0. The summed E-state index contributed by atoms with van der Waals surface area (Å²) >= 11 is 0. The third-order valence-electron chi connectivity index (χ3n) is 5.18. The van der Waals surface area contributed by atoms with Crippen LogP contribution in [0.15, 0.2) is 0 Å². The quantitative estimate of drug-likeness (QED) is 0.784. The molecule has 2 heterocycles. The van der Waals surface area contributed by atoms with Crippen molar-refractivity contribution in [1.29, 1.82) is 0 Å². The molecule has 1 amide bonds. The van der Waals surface area contributed by atoms with E-state index in [4.69, 9.17) is 5.73 Å². The van der Waals surface area contributed by atoms with E-state index in [1.54, 1.807) is 0 Å². The van der Waals surface area contributed by atoms with Crippen LogP contribution in [0.1, 0.15) is 32.1 Å². The number of nitrogens with two attached hydrogens (primary N) is 1. The number of amides is 1. The van der Waals surface area contributed by atoms with E-state index in [0.717, 1.165) is 32.5 Å². The average Bonchev–Trinajstić information content (AvgIpc) is 3.05. The fraction of sp³-hybridized carbons (Fsp3) is 0.929. The molecule has 2 aliphatic heterocycles. The molecule has 1 saturated carbocycles. The molecule has 0 aromatic heterocycles. The Labute approximate surface area is 109 Å². The predicted octanol–water partition coefficient (Wildman–Crippen LogP) is 0.668. The van der Waals surface area contributed by atoms with Gasteiger partial charge in [-0.15, -0.1) is 0 Å². The van der Waals surface area contributed by atoms with Crippen molar-refractivity contribution < 1.29 is 4.79 Å². The molecule has 2 N–H and O–H groups in total. The second-order valence-electron chi connectivity index (χ2n) is 6.15. The SMILES string of the molecule is NC[C@H]1CCC[C@H]1C(=O)N1CCN2CCCC2C1. The Kier molecular flexibility index (Phi) is 3.57. The van der Waals surface area contributed by atoms with E-state index < -0.39 is 0 Å². The molecule has 2 saturated heterocycles. The maximum absolute atomic E-state index is 12.6. The summed E-state index contributed by atoms with van der Waals surface area (Å²) in [5, 5.41) is 0. The monoisotopic (exact) mass is 251 g/mol. The van der Waals surface area contributed by atoms with Crippen LogP contribution in [0.3, 0.4) is 0 Å². The number of fused-ring (bicyclic) bond motifs is 1. The van der Waals surface area contributed by atoms with Gasteiger partial charge in [0.2, 0.25) is 5.91 Å². The van der Waals surface area contributed by atoms with Gasteiger partial charge in [0.05, 0.1) is 0 Å². The summed E-state index contributed by atoms with van der Waals surface area (Å²) in [6.07, 6.45) is 5.97. The summed E-state index contributed by atoms with van der Waals surface area (Å²) in [6.45, 7) is 4.90. The van der Waals surface area contributed by atoms with E-state index >= 15 is 0 Å². The number of nitrogens with zero attached hydrogens (tertiary/aromatic N) is 2. The van der Waals surface area contributed by atoms with E-state index in [1.165, 1.54) is 25.8 Å². The van der Waals surface area contributed by atoms with Gasteiger partial charge < -0.3 is 10.6 Å². The van der Waals surface area contributed by atoms with Crippen molar-refractivity contribution >= 4 is 5.91 Å². The average molecular weight is 251 g/mol. The van der Waals surface area contributed by atoms with Gasteiger partial charge in [0, 0.05) is 31.6 Å². The first-order valence-corrected chi connectivity index (χ1v) is 7.52. The number of hydrogen-bond donors (Lipinski definition) is 1. The minimum absolute atomic E-state index is 0.225. The summed E-state index contributed by atoms with van der Waals surface area (Å²) in [4.78, 5) is 17.3. The maximum Gasteiger partial charge on any atom is 0.226 e. The van der Waals surface area contributed by atoms with Gasteiger partial charge in [-0.2, -0.15) is 0 Å². The Morgan fingerprint density at radius 3 is 2.83 bits per heavy atom. The number of rotatable bonds is 2. The van der Waals surface area contributed by atoms with Crippen molar-refractivity contribution in [2.24, 2.45) is 17.6 Å². The van der Waals surface area contributed by atoms with Crippen LogP contribution in [0.25, 0.3) is 0 Å². The molecule has 1 aliphatic carbocycles. The third kappa shape index (κ3) is 2.16. The standard InChI is InChI=1S/C14H25N3O/c15-9-11-3-1-5-13(11)14(18)17-8-7-16-6-2-4-12(16)10-17/h11-13H,1-10,15H2/t11-,12?,13-/m1/s1. The minimum Gasteiger partial charge on any atom is -0.340 e. The lowest BCUT2D eigenvalue weighted by Gasteiger charge is -2.39. The van der Waals surface area contributed by atoms with Crippen LogP contribution in [0.4, 0.5) is 0 Å². The minimum atomic E-state index is 0.225. The first kappa shape index (κ1) is 12.4. The number of carbonyl (C=O) groups excluding carboxylic acids is 1. The predicted molar refractivity (Wildman–Crippen MR) is 71.1 cm³/mol. The van der Waals surface area contributed by atoms with Crippen molar-refractivity contribution in [1.82, 2.24) is 9.80 Å². The summed E-state index contributed by atoms with van der Waals surface area (Å²) in [7, 11) is 0. The van der Waals surface area contributed by atoms with Gasteiger partial charge in [-0.25, -0.2) is 0 Å². The molecule has 4 nitrogen and oxygen atoms in total. The lowest BCUT2D eigenvalue weighted by molar-refractivity contribution is -0.139. The Bertz CT molecular complexity index is 320. The zero-order valence-electron chi connectivity index (χ0n) is 11.2. The van der Waals surface area contributed by atoms with Gasteiger partial charge in [-0.1, -0.05) is 6.42 Å². The zero-order valence-corrected chi connectivity index (χ0v) is 11.2. The molecule has 18 heavy (non-hydrogen) atoms. The van der Waals surface area contributed by atoms with Gasteiger partial charge >= 0.3 is 0 Å². The Hall–Kier alpha value is -0.610. The fourth-order valence-electron chi connectivity index (χ4n) is 4.07. The highest BCUT2D eigenvalue weighted by Gasteiger charge is 2.38. The first-order chi connectivity index (χ1) is 8.79. The van der Waals surface area contributed by atoms with Crippen molar-refractivity contribution in [3.8, 4) is 0 Å². The number of carbonyl (C=O) groups is 1. The van der Waals surface area contributed by atoms with Crippen LogP contribution in [0.5, 0.6) is 0 Å². The van der Waals surface area contributed by atoms with Crippen LogP contribution >= 0.6 is 0 Å². The number of piperazine rings is 1. The smallest absolute Gasteiger partial charge is 0.226 e. The summed E-state index contributed by atoms with van der Waals surface area (Å²) in [5.74, 6) is 1.07. The molecule has 0 radical (unpaired) electrons. The Morgan fingerprint density at radius 2 is 2.00 bits per heavy atom. The van der Waals surface area contributed by atoms with Gasteiger partial charge in [-0.05, 0) is 44.7 Å². The van der Waals surface area contributed by atoms with E-state index in [-0.39, 0.29) is 5.92 Å². The molecule has 4 heteroatoms. The molecule has 0 bridgehead atoms. The van der Waals surface area contributed by atoms with E-state index in [2.05, 4.69) is 9.80 Å². The van der Waals surface area contributed by atoms with Gasteiger partial charge in [0.25, 0.3) is 0 Å². The van der Waals surface area contributed by atoms with Gasteiger partial charge in [0.1, 0.15) is 0 Å². The lowest BCUT2D eigenvalue weighted by Crippen LogP contribution is -2.53. The number of hydrogen-bond acceptors (Lipinski definition) is 3. The largest absolute Gasteiger partial charge is 0.340 e.